The molecule has 1 saturated heterocycles. The predicted molar refractivity (Wildman–Crippen MR) is 97.2 cm³/mol. The Hall–Kier alpha value is -1.95. The molecular weight excluding hydrogens is 320 g/mol. The lowest BCUT2D eigenvalue weighted by molar-refractivity contribution is -0.133. The molecule has 1 aromatic carbocycles. The number of piperidine rings is 1. The third kappa shape index (κ3) is 3.75. The van der Waals surface area contributed by atoms with Gasteiger partial charge in [0.05, 0.1) is 0 Å². The monoisotopic (exact) mass is 344 g/mol. The van der Waals surface area contributed by atoms with E-state index in [1.165, 1.54) is 12.0 Å². The molecule has 0 unspecified atom stereocenters. The van der Waals surface area contributed by atoms with Crippen LogP contribution in [0.4, 0.5) is 0 Å². The number of carbonyl (C=O) groups is 1. The number of aromatic amines is 1. The molecule has 1 atom stereocenters. The Labute approximate surface area is 147 Å². The van der Waals surface area contributed by atoms with E-state index in [1.54, 1.807) is 0 Å². The van der Waals surface area contributed by atoms with Gasteiger partial charge in [-0.15, -0.1) is 0 Å². The van der Waals surface area contributed by atoms with Gasteiger partial charge in [-0.1, -0.05) is 36.8 Å². The van der Waals surface area contributed by atoms with Gasteiger partial charge in [0.15, 0.2) is 10.6 Å². The summed E-state index contributed by atoms with van der Waals surface area (Å²) in [6.45, 7) is 6.58. The minimum absolute atomic E-state index is 0.208. The first-order valence-corrected chi connectivity index (χ1v) is 8.95. The van der Waals surface area contributed by atoms with Crippen LogP contribution in [0.2, 0.25) is 0 Å². The molecule has 0 spiro atoms. The van der Waals surface area contributed by atoms with Crippen molar-refractivity contribution in [3.05, 3.63) is 34.6 Å². The largest absolute Gasteiger partial charge is 0.342 e. The molecule has 2 aromatic rings. The van der Waals surface area contributed by atoms with E-state index in [-0.39, 0.29) is 5.91 Å². The van der Waals surface area contributed by atoms with Gasteiger partial charge in [-0.05, 0) is 37.9 Å². The van der Waals surface area contributed by atoms with E-state index < -0.39 is 0 Å². The zero-order chi connectivity index (χ0) is 17.1. The fourth-order valence-electron chi connectivity index (χ4n) is 3.23. The molecule has 24 heavy (non-hydrogen) atoms. The van der Waals surface area contributed by atoms with E-state index in [4.69, 9.17) is 12.2 Å². The third-order valence-electron chi connectivity index (χ3n) is 4.63. The Bertz CT molecular complexity index is 762. The summed E-state index contributed by atoms with van der Waals surface area (Å²) >= 11 is 5.35. The molecule has 5 nitrogen and oxygen atoms in total. The maximum Gasteiger partial charge on any atom is 0.224 e. The van der Waals surface area contributed by atoms with Crippen LogP contribution < -0.4 is 0 Å². The number of H-pyrrole nitrogens is 1. The van der Waals surface area contributed by atoms with Crippen molar-refractivity contribution in [3.63, 3.8) is 0 Å². The van der Waals surface area contributed by atoms with Crippen molar-refractivity contribution in [2.45, 2.75) is 39.7 Å². The Morgan fingerprint density at radius 2 is 2.12 bits per heavy atom. The second-order valence-electron chi connectivity index (χ2n) is 6.71. The minimum atomic E-state index is 0.208. The summed E-state index contributed by atoms with van der Waals surface area (Å²) in [7, 11) is 0. The van der Waals surface area contributed by atoms with Crippen molar-refractivity contribution < 1.29 is 4.79 Å². The fraction of sp³-hybridized carbons (Fsp3) is 0.500. The van der Waals surface area contributed by atoms with Gasteiger partial charge in [0, 0.05) is 31.6 Å². The number of rotatable bonds is 4. The zero-order valence-corrected chi connectivity index (χ0v) is 15.1. The summed E-state index contributed by atoms with van der Waals surface area (Å²) in [4.78, 5) is 14.5. The number of hydrogen-bond acceptors (Lipinski definition) is 3. The summed E-state index contributed by atoms with van der Waals surface area (Å²) in [5.41, 5.74) is 2.21. The number of benzene rings is 1. The second-order valence-corrected chi connectivity index (χ2v) is 7.09. The highest BCUT2D eigenvalue weighted by Crippen LogP contribution is 2.20. The number of nitrogens with one attached hydrogen (secondary N) is 1. The Balaban J connectivity index is 1.71. The van der Waals surface area contributed by atoms with Gasteiger partial charge in [0.1, 0.15) is 0 Å². The summed E-state index contributed by atoms with van der Waals surface area (Å²) in [5.74, 6) is 1.60. The Kier molecular flexibility index (Phi) is 5.14. The van der Waals surface area contributed by atoms with E-state index >= 15 is 0 Å². The van der Waals surface area contributed by atoms with Crippen LogP contribution in [0.5, 0.6) is 0 Å². The molecule has 1 N–H and O–H groups in total. The number of aryl methyl sites for hydroxylation is 1. The standard InChI is InChI=1S/C18H24N4OS/c1-13-5-7-15(8-6-13)17-19-20-18(24)22(17)11-9-16(23)21-10-3-4-14(2)12-21/h5-8,14H,3-4,9-12H2,1-2H3,(H,20,24)/t14-/m1/s1. The summed E-state index contributed by atoms with van der Waals surface area (Å²) in [6, 6.07) is 8.17. The van der Waals surface area contributed by atoms with Crippen LogP contribution in [0.15, 0.2) is 24.3 Å². The molecule has 1 amide bonds. The van der Waals surface area contributed by atoms with Crippen LogP contribution in [-0.2, 0) is 11.3 Å². The van der Waals surface area contributed by atoms with Crippen LogP contribution in [0.25, 0.3) is 11.4 Å². The third-order valence-corrected chi connectivity index (χ3v) is 4.94. The minimum Gasteiger partial charge on any atom is -0.342 e. The molecule has 1 aromatic heterocycles. The van der Waals surface area contributed by atoms with Crippen molar-refractivity contribution in [2.24, 2.45) is 5.92 Å². The first-order chi connectivity index (χ1) is 11.5. The number of likely N-dealkylation sites (tertiary alicyclic amines) is 1. The number of carbonyl (C=O) groups excluding carboxylic acids is 1. The Morgan fingerprint density at radius 1 is 1.38 bits per heavy atom. The van der Waals surface area contributed by atoms with Crippen LogP contribution in [0.1, 0.15) is 31.7 Å². The highest BCUT2D eigenvalue weighted by molar-refractivity contribution is 7.71. The van der Waals surface area contributed by atoms with Gasteiger partial charge in [0.25, 0.3) is 0 Å². The molecule has 0 saturated carbocycles. The number of aromatic nitrogens is 3. The van der Waals surface area contributed by atoms with Gasteiger partial charge in [0.2, 0.25) is 5.91 Å². The molecule has 1 aliphatic rings. The highest BCUT2D eigenvalue weighted by atomic mass is 32.1. The van der Waals surface area contributed by atoms with Crippen molar-refractivity contribution in [1.29, 1.82) is 0 Å². The molecule has 2 heterocycles. The molecule has 0 aliphatic carbocycles. The van der Waals surface area contributed by atoms with Crippen molar-refractivity contribution in [3.8, 4) is 11.4 Å². The topological polar surface area (TPSA) is 53.9 Å². The molecule has 0 bridgehead atoms. The van der Waals surface area contributed by atoms with Gasteiger partial charge < -0.3 is 4.90 Å². The first kappa shape index (κ1) is 16.9. The molecule has 6 heteroatoms. The highest BCUT2D eigenvalue weighted by Gasteiger charge is 2.21. The van der Waals surface area contributed by atoms with Crippen molar-refractivity contribution in [1.82, 2.24) is 19.7 Å². The normalized spacial score (nSPS) is 17.9. The van der Waals surface area contributed by atoms with E-state index in [0.29, 0.717) is 23.7 Å². The van der Waals surface area contributed by atoms with E-state index in [1.807, 2.05) is 21.6 Å². The maximum atomic E-state index is 12.5. The van der Waals surface area contributed by atoms with E-state index in [9.17, 15) is 4.79 Å². The summed E-state index contributed by atoms with van der Waals surface area (Å²) in [5, 5.41) is 7.19. The molecule has 1 aliphatic heterocycles. The van der Waals surface area contributed by atoms with E-state index in [2.05, 4.69) is 36.2 Å². The Morgan fingerprint density at radius 3 is 2.83 bits per heavy atom. The summed E-state index contributed by atoms with van der Waals surface area (Å²) < 4.78 is 2.48. The predicted octanol–water partition coefficient (Wildman–Crippen LogP) is 3.56. The maximum absolute atomic E-state index is 12.5. The molecule has 128 valence electrons. The van der Waals surface area contributed by atoms with Crippen LogP contribution in [0.3, 0.4) is 0 Å². The lowest BCUT2D eigenvalue weighted by atomic mass is 10.00. The van der Waals surface area contributed by atoms with Crippen molar-refractivity contribution >= 4 is 18.1 Å². The smallest absolute Gasteiger partial charge is 0.224 e. The number of amides is 1. The average molecular weight is 344 g/mol. The fourth-order valence-corrected chi connectivity index (χ4v) is 3.45. The van der Waals surface area contributed by atoms with E-state index in [0.717, 1.165) is 30.9 Å². The van der Waals surface area contributed by atoms with Gasteiger partial charge in [-0.25, -0.2) is 0 Å². The molecule has 1 fully saturated rings. The molecule has 0 radical (unpaired) electrons. The quantitative estimate of drug-likeness (QED) is 0.863. The second kappa shape index (κ2) is 7.30. The van der Waals surface area contributed by atoms with Gasteiger partial charge >= 0.3 is 0 Å². The van der Waals surface area contributed by atoms with Crippen LogP contribution >= 0.6 is 12.2 Å². The number of hydrogen-bond donors (Lipinski definition) is 1. The average Bonchev–Trinajstić information content (AvgIpc) is 2.94. The van der Waals surface area contributed by atoms with Crippen molar-refractivity contribution in [2.75, 3.05) is 13.1 Å². The molecule has 3 rings (SSSR count). The zero-order valence-electron chi connectivity index (χ0n) is 14.3. The molecular formula is C18H24N4OS. The van der Waals surface area contributed by atoms with Crippen LogP contribution in [-0.4, -0.2) is 38.7 Å². The van der Waals surface area contributed by atoms with Gasteiger partial charge in [-0.3, -0.25) is 14.5 Å². The SMILES string of the molecule is Cc1ccc(-c2n[nH]c(=S)n2CCC(=O)N2CCC[C@@H](C)C2)cc1. The van der Waals surface area contributed by atoms with Crippen LogP contribution in [0, 0.1) is 17.6 Å². The number of nitrogens with zero attached hydrogens (tertiary/aromatic N) is 3. The van der Waals surface area contributed by atoms with Gasteiger partial charge in [-0.2, -0.15) is 5.10 Å². The lowest BCUT2D eigenvalue weighted by Crippen LogP contribution is -2.39. The summed E-state index contributed by atoms with van der Waals surface area (Å²) in [6.07, 6.45) is 2.78. The lowest BCUT2D eigenvalue weighted by Gasteiger charge is -2.31. The first-order valence-electron chi connectivity index (χ1n) is 8.54.